The quantitative estimate of drug-likeness (QED) is 0.847. The first-order valence-electron chi connectivity index (χ1n) is 6.94. The Morgan fingerprint density at radius 3 is 2.73 bits per heavy atom. The Labute approximate surface area is 134 Å². The number of carbonyl (C=O) groups is 1. The second-order valence-electron chi connectivity index (χ2n) is 5.03. The van der Waals surface area contributed by atoms with Crippen LogP contribution in [0.5, 0.6) is 0 Å². The maximum Gasteiger partial charge on any atom is 0.264 e. The van der Waals surface area contributed by atoms with E-state index >= 15 is 0 Å². The lowest BCUT2D eigenvalue weighted by molar-refractivity contribution is -0.131. The van der Waals surface area contributed by atoms with Gasteiger partial charge in [-0.05, 0) is 44.0 Å². The molecule has 1 aromatic rings. The maximum atomic E-state index is 12.1. The van der Waals surface area contributed by atoms with Gasteiger partial charge in [0.1, 0.15) is 6.10 Å². The minimum atomic E-state index is -3.93. The van der Waals surface area contributed by atoms with Gasteiger partial charge < -0.3 is 9.47 Å². The van der Waals surface area contributed by atoms with E-state index in [1.807, 2.05) is 4.72 Å². The van der Waals surface area contributed by atoms with E-state index in [2.05, 4.69) is 0 Å². The molecule has 0 spiro atoms. The van der Waals surface area contributed by atoms with Crippen LogP contribution in [0.25, 0.3) is 0 Å². The van der Waals surface area contributed by atoms with Crippen molar-refractivity contribution in [1.82, 2.24) is 4.72 Å². The Balaban J connectivity index is 1.90. The average Bonchev–Trinajstić information content (AvgIpc) is 2.98. The van der Waals surface area contributed by atoms with Crippen molar-refractivity contribution in [2.75, 3.05) is 13.2 Å². The molecule has 2 rings (SSSR count). The van der Waals surface area contributed by atoms with Crippen LogP contribution in [0.3, 0.4) is 0 Å². The van der Waals surface area contributed by atoms with E-state index in [0.29, 0.717) is 11.6 Å². The summed E-state index contributed by atoms with van der Waals surface area (Å²) in [6, 6.07) is 5.54. The van der Waals surface area contributed by atoms with Gasteiger partial charge >= 0.3 is 0 Å². The minimum absolute atomic E-state index is 0.0249. The maximum absolute atomic E-state index is 12.1. The molecule has 0 bridgehead atoms. The summed E-state index contributed by atoms with van der Waals surface area (Å²) in [7, 11) is -3.93. The normalized spacial score (nSPS) is 19.8. The number of hydrogen-bond acceptors (Lipinski definition) is 5. The number of sulfonamides is 1. The van der Waals surface area contributed by atoms with Gasteiger partial charge in [-0.1, -0.05) is 11.6 Å². The molecule has 1 fully saturated rings. The Kier molecular flexibility index (Phi) is 5.80. The Bertz CT molecular complexity index is 611. The summed E-state index contributed by atoms with van der Waals surface area (Å²) >= 11 is 5.71. The molecule has 22 heavy (non-hydrogen) atoms. The summed E-state index contributed by atoms with van der Waals surface area (Å²) in [5.41, 5.74) is 0. The lowest BCUT2D eigenvalue weighted by Gasteiger charge is -2.16. The van der Waals surface area contributed by atoms with Gasteiger partial charge in [0.05, 0.1) is 17.6 Å². The molecule has 6 nitrogen and oxygen atoms in total. The summed E-state index contributed by atoms with van der Waals surface area (Å²) in [6.45, 7) is 2.47. The number of hydrogen-bond donors (Lipinski definition) is 1. The third-order valence-electron chi connectivity index (χ3n) is 3.28. The minimum Gasteiger partial charge on any atom is -0.376 e. The Hall–Kier alpha value is -1.15. The SMILES string of the molecule is C[C@H](OC[C@@H]1CCCO1)C(=O)NS(=O)(=O)c1ccc(Cl)cc1. The first-order chi connectivity index (χ1) is 10.4. The van der Waals surface area contributed by atoms with Gasteiger partial charge in [-0.25, -0.2) is 13.1 Å². The highest BCUT2D eigenvalue weighted by molar-refractivity contribution is 7.90. The van der Waals surface area contributed by atoms with Crippen molar-refractivity contribution >= 4 is 27.5 Å². The van der Waals surface area contributed by atoms with E-state index in [1.165, 1.54) is 31.2 Å². The molecule has 0 aromatic heterocycles. The van der Waals surface area contributed by atoms with Gasteiger partial charge in [0.15, 0.2) is 0 Å². The van der Waals surface area contributed by atoms with E-state index < -0.39 is 22.0 Å². The van der Waals surface area contributed by atoms with Crippen LogP contribution in [0, 0.1) is 0 Å². The van der Waals surface area contributed by atoms with E-state index in [9.17, 15) is 13.2 Å². The Morgan fingerprint density at radius 2 is 2.14 bits per heavy atom. The second kappa shape index (κ2) is 7.41. The fourth-order valence-electron chi connectivity index (χ4n) is 1.99. The molecule has 0 aliphatic carbocycles. The summed E-state index contributed by atoms with van der Waals surface area (Å²) in [5, 5.41) is 0.415. The number of benzene rings is 1. The van der Waals surface area contributed by atoms with E-state index in [1.54, 1.807) is 0 Å². The van der Waals surface area contributed by atoms with Crippen molar-refractivity contribution in [3.63, 3.8) is 0 Å². The number of carbonyl (C=O) groups excluding carboxylic acids is 1. The number of rotatable bonds is 6. The first-order valence-corrected chi connectivity index (χ1v) is 8.80. The van der Waals surface area contributed by atoms with E-state index in [4.69, 9.17) is 21.1 Å². The highest BCUT2D eigenvalue weighted by atomic mass is 35.5. The predicted molar refractivity (Wildman–Crippen MR) is 81.2 cm³/mol. The van der Waals surface area contributed by atoms with E-state index in [0.717, 1.165) is 12.8 Å². The lowest BCUT2D eigenvalue weighted by Crippen LogP contribution is -2.39. The van der Waals surface area contributed by atoms with Crippen LogP contribution < -0.4 is 4.72 Å². The van der Waals surface area contributed by atoms with Crippen LogP contribution in [-0.2, 0) is 24.3 Å². The van der Waals surface area contributed by atoms with Crippen LogP contribution in [-0.4, -0.2) is 39.7 Å². The zero-order chi connectivity index (χ0) is 16.2. The molecule has 1 aliphatic heterocycles. The van der Waals surface area contributed by atoms with Crippen molar-refractivity contribution in [2.24, 2.45) is 0 Å². The van der Waals surface area contributed by atoms with Crippen LogP contribution >= 0.6 is 11.6 Å². The molecular formula is C14H18ClNO5S. The molecule has 122 valence electrons. The number of nitrogens with one attached hydrogen (secondary N) is 1. The molecule has 1 amide bonds. The van der Waals surface area contributed by atoms with Gasteiger partial charge in [0.2, 0.25) is 0 Å². The molecule has 8 heteroatoms. The van der Waals surface area contributed by atoms with Crippen LogP contribution in [0.1, 0.15) is 19.8 Å². The third-order valence-corrected chi connectivity index (χ3v) is 4.90. The van der Waals surface area contributed by atoms with Crippen molar-refractivity contribution in [2.45, 2.75) is 36.9 Å². The van der Waals surface area contributed by atoms with E-state index in [-0.39, 0.29) is 17.6 Å². The molecule has 1 heterocycles. The molecule has 1 aromatic carbocycles. The van der Waals surface area contributed by atoms with Crippen molar-refractivity contribution in [1.29, 1.82) is 0 Å². The molecular weight excluding hydrogens is 330 g/mol. The number of amides is 1. The number of halogens is 1. The van der Waals surface area contributed by atoms with Gasteiger partial charge in [-0.15, -0.1) is 0 Å². The third kappa shape index (κ3) is 4.67. The predicted octanol–water partition coefficient (Wildman–Crippen LogP) is 1.73. The summed E-state index contributed by atoms with van der Waals surface area (Å²) < 4.78 is 36.9. The van der Waals surface area contributed by atoms with Crippen LogP contribution in [0.15, 0.2) is 29.2 Å². The molecule has 0 unspecified atom stereocenters. The van der Waals surface area contributed by atoms with Gasteiger partial charge in [-0.2, -0.15) is 0 Å². The molecule has 2 atom stereocenters. The van der Waals surface area contributed by atoms with Gasteiger partial charge in [0.25, 0.3) is 15.9 Å². The van der Waals surface area contributed by atoms with Gasteiger partial charge in [-0.3, -0.25) is 4.79 Å². The fraction of sp³-hybridized carbons (Fsp3) is 0.500. The fourth-order valence-corrected chi connectivity index (χ4v) is 3.16. The molecule has 0 radical (unpaired) electrons. The first kappa shape index (κ1) is 17.2. The summed E-state index contributed by atoms with van der Waals surface area (Å²) in [5.74, 6) is -0.715. The summed E-state index contributed by atoms with van der Waals surface area (Å²) in [6.07, 6.45) is 0.950. The molecule has 0 saturated carbocycles. The highest BCUT2D eigenvalue weighted by Gasteiger charge is 2.24. The van der Waals surface area contributed by atoms with Crippen LogP contribution in [0.4, 0.5) is 0 Å². The Morgan fingerprint density at radius 1 is 1.45 bits per heavy atom. The zero-order valence-corrected chi connectivity index (χ0v) is 13.7. The summed E-state index contributed by atoms with van der Waals surface area (Å²) in [4.78, 5) is 11.9. The largest absolute Gasteiger partial charge is 0.376 e. The van der Waals surface area contributed by atoms with Crippen molar-refractivity contribution < 1.29 is 22.7 Å². The monoisotopic (exact) mass is 347 g/mol. The second-order valence-corrected chi connectivity index (χ2v) is 7.15. The molecule has 1 aliphatic rings. The average molecular weight is 348 g/mol. The van der Waals surface area contributed by atoms with Gasteiger partial charge in [0, 0.05) is 11.6 Å². The topological polar surface area (TPSA) is 81.7 Å². The highest BCUT2D eigenvalue weighted by Crippen LogP contribution is 2.15. The zero-order valence-electron chi connectivity index (χ0n) is 12.1. The molecule has 1 saturated heterocycles. The number of ether oxygens (including phenoxy) is 2. The standard InChI is InChI=1S/C14H18ClNO5S/c1-10(21-9-12-3-2-8-20-12)14(17)16-22(18,19)13-6-4-11(15)5-7-13/h4-7,10,12H,2-3,8-9H2,1H3,(H,16,17)/t10-,12-/m0/s1. The van der Waals surface area contributed by atoms with Crippen molar-refractivity contribution in [3.8, 4) is 0 Å². The van der Waals surface area contributed by atoms with Crippen molar-refractivity contribution in [3.05, 3.63) is 29.3 Å². The smallest absolute Gasteiger partial charge is 0.264 e. The lowest BCUT2D eigenvalue weighted by atomic mass is 10.2. The van der Waals surface area contributed by atoms with Crippen LogP contribution in [0.2, 0.25) is 5.02 Å². The molecule has 1 N–H and O–H groups in total.